The van der Waals surface area contributed by atoms with E-state index < -0.39 is 10.0 Å². The van der Waals surface area contributed by atoms with E-state index in [-0.39, 0.29) is 35.6 Å². The van der Waals surface area contributed by atoms with Gasteiger partial charge in [-0.2, -0.15) is 4.31 Å². The monoisotopic (exact) mass is 521 g/mol. The van der Waals surface area contributed by atoms with Crippen LogP contribution in [-0.4, -0.2) is 36.9 Å². The molecule has 1 aliphatic heterocycles. The fourth-order valence-electron chi connectivity index (χ4n) is 4.94. The number of sulfonamides is 1. The summed E-state index contributed by atoms with van der Waals surface area (Å²) in [7, 11) is -3.83. The lowest BCUT2D eigenvalue weighted by Crippen LogP contribution is -2.43. The van der Waals surface area contributed by atoms with Crippen molar-refractivity contribution in [3.63, 3.8) is 0 Å². The van der Waals surface area contributed by atoms with E-state index >= 15 is 0 Å². The van der Waals surface area contributed by atoms with E-state index in [4.69, 9.17) is 4.52 Å². The Morgan fingerprint density at radius 1 is 1.00 bits per heavy atom. The second-order valence-electron chi connectivity index (χ2n) is 9.99. The van der Waals surface area contributed by atoms with E-state index in [0.717, 1.165) is 22.3 Å². The third-order valence-corrected chi connectivity index (χ3v) is 9.04. The molecule has 2 aromatic carbocycles. The Kier molecular flexibility index (Phi) is 7.99. The van der Waals surface area contributed by atoms with Gasteiger partial charge in [0.1, 0.15) is 5.69 Å². The summed E-state index contributed by atoms with van der Waals surface area (Å²) in [6, 6.07) is 12.2. The molecule has 0 saturated carbocycles. The topological polar surface area (TPSA) is 92.5 Å². The number of aryl methyl sites for hydroxylation is 5. The molecule has 1 aliphatic rings. The van der Waals surface area contributed by atoms with E-state index in [1.807, 2.05) is 51.1 Å². The van der Waals surface area contributed by atoms with Crippen molar-refractivity contribution in [3.05, 3.63) is 81.2 Å². The van der Waals surface area contributed by atoms with Gasteiger partial charge in [0.05, 0.1) is 0 Å². The van der Waals surface area contributed by atoms with Gasteiger partial charge in [-0.25, -0.2) is 8.42 Å². The third kappa shape index (κ3) is 6.02. The van der Waals surface area contributed by atoms with E-state index in [1.54, 1.807) is 13.0 Å². The average Bonchev–Trinajstić information content (AvgIpc) is 3.24. The number of amides is 1. The molecule has 37 heavy (non-hydrogen) atoms. The SMILES string of the molecule is Cc1ccc(CNC(=O)C2CCN(S(=O)(=O)c3c(C)noc3/C=C/c3c(C)cc(C)cc3C)CC2)cc1. The predicted molar refractivity (Wildman–Crippen MR) is 145 cm³/mol. The van der Waals surface area contributed by atoms with Crippen LogP contribution >= 0.6 is 0 Å². The molecule has 8 heteroatoms. The minimum absolute atomic E-state index is 0.0359. The highest BCUT2D eigenvalue weighted by atomic mass is 32.2. The number of hydrogen-bond acceptors (Lipinski definition) is 5. The van der Waals surface area contributed by atoms with Gasteiger partial charge in [-0.15, -0.1) is 0 Å². The number of rotatable bonds is 7. The fraction of sp³-hybridized carbons (Fsp3) is 0.379. The molecule has 0 bridgehead atoms. The van der Waals surface area contributed by atoms with Crippen LogP contribution in [0.15, 0.2) is 45.8 Å². The van der Waals surface area contributed by atoms with Crippen LogP contribution < -0.4 is 5.32 Å². The van der Waals surface area contributed by atoms with Crippen molar-refractivity contribution in [1.82, 2.24) is 14.8 Å². The van der Waals surface area contributed by atoms with Crippen molar-refractivity contribution < 1.29 is 17.7 Å². The van der Waals surface area contributed by atoms with E-state index in [0.29, 0.717) is 25.1 Å². The molecule has 0 unspecified atom stereocenters. The van der Waals surface area contributed by atoms with Gasteiger partial charge in [0.25, 0.3) is 0 Å². The number of nitrogens with one attached hydrogen (secondary N) is 1. The maximum absolute atomic E-state index is 13.6. The van der Waals surface area contributed by atoms with Gasteiger partial charge < -0.3 is 9.84 Å². The first-order valence-corrected chi connectivity index (χ1v) is 14.1. The van der Waals surface area contributed by atoms with Gasteiger partial charge in [0.2, 0.25) is 15.9 Å². The van der Waals surface area contributed by atoms with Crippen LogP contribution in [0.1, 0.15) is 57.7 Å². The number of nitrogens with zero attached hydrogens (tertiary/aromatic N) is 2. The zero-order chi connectivity index (χ0) is 26.7. The second-order valence-corrected chi connectivity index (χ2v) is 11.9. The number of carbonyl (C=O) groups is 1. The van der Waals surface area contributed by atoms with E-state index in [2.05, 4.69) is 29.5 Å². The van der Waals surface area contributed by atoms with Crippen molar-refractivity contribution in [1.29, 1.82) is 0 Å². The number of hydrogen-bond donors (Lipinski definition) is 1. The lowest BCUT2D eigenvalue weighted by atomic mass is 9.97. The molecule has 196 valence electrons. The number of piperidine rings is 1. The Balaban J connectivity index is 1.43. The first kappa shape index (κ1) is 26.8. The molecular formula is C29H35N3O4S. The maximum atomic E-state index is 13.6. The molecule has 1 aromatic heterocycles. The van der Waals surface area contributed by atoms with Gasteiger partial charge in [0, 0.05) is 25.6 Å². The average molecular weight is 522 g/mol. The van der Waals surface area contributed by atoms with Crippen LogP contribution in [0.4, 0.5) is 0 Å². The lowest BCUT2D eigenvalue weighted by Gasteiger charge is -2.30. The number of aromatic nitrogens is 1. The summed E-state index contributed by atoms with van der Waals surface area (Å²) in [6.45, 7) is 10.8. The van der Waals surface area contributed by atoms with Crippen LogP contribution in [0.2, 0.25) is 0 Å². The van der Waals surface area contributed by atoms with Gasteiger partial charge in [-0.3, -0.25) is 4.79 Å². The first-order valence-electron chi connectivity index (χ1n) is 12.6. The van der Waals surface area contributed by atoms with Crippen LogP contribution in [0.25, 0.3) is 12.2 Å². The zero-order valence-corrected chi connectivity index (χ0v) is 23.0. The van der Waals surface area contributed by atoms with Gasteiger partial charge >= 0.3 is 0 Å². The van der Waals surface area contributed by atoms with Crippen molar-refractivity contribution in [3.8, 4) is 0 Å². The Labute approximate surface area is 219 Å². The van der Waals surface area contributed by atoms with Gasteiger partial charge in [0.15, 0.2) is 10.7 Å². The molecule has 1 amide bonds. The number of carbonyl (C=O) groups excluding carboxylic acids is 1. The molecule has 1 saturated heterocycles. The second kappa shape index (κ2) is 11.0. The number of benzene rings is 2. The van der Waals surface area contributed by atoms with Crippen molar-refractivity contribution in [2.75, 3.05) is 13.1 Å². The molecule has 4 rings (SSSR count). The molecule has 7 nitrogen and oxygen atoms in total. The minimum Gasteiger partial charge on any atom is -0.355 e. The smallest absolute Gasteiger partial charge is 0.248 e. The predicted octanol–water partition coefficient (Wildman–Crippen LogP) is 5.10. The van der Waals surface area contributed by atoms with Crippen molar-refractivity contribution >= 4 is 28.1 Å². The Morgan fingerprint density at radius 3 is 2.24 bits per heavy atom. The highest BCUT2D eigenvalue weighted by Crippen LogP contribution is 2.30. The van der Waals surface area contributed by atoms with Crippen molar-refractivity contribution in [2.24, 2.45) is 5.92 Å². The van der Waals surface area contributed by atoms with E-state index in [9.17, 15) is 13.2 Å². The molecule has 0 atom stereocenters. The Hall–Kier alpha value is -3.23. The van der Waals surface area contributed by atoms with Crippen LogP contribution in [-0.2, 0) is 21.4 Å². The summed E-state index contributed by atoms with van der Waals surface area (Å²) in [5.41, 5.74) is 6.96. The zero-order valence-electron chi connectivity index (χ0n) is 22.2. The molecule has 3 aromatic rings. The summed E-state index contributed by atoms with van der Waals surface area (Å²) >= 11 is 0. The standard InChI is InChI=1S/C29H35N3O4S/c1-19-6-8-24(9-7-19)18-30-29(33)25-12-14-32(15-13-25)37(34,35)28-23(5)31-36-27(28)11-10-26-21(3)16-20(2)17-22(26)4/h6-11,16-17,25H,12-15,18H2,1-5H3,(H,30,33)/b11-10+. The van der Waals surface area contributed by atoms with Crippen LogP contribution in [0.5, 0.6) is 0 Å². The highest BCUT2D eigenvalue weighted by molar-refractivity contribution is 7.89. The Morgan fingerprint density at radius 2 is 1.62 bits per heavy atom. The van der Waals surface area contributed by atoms with Gasteiger partial charge in [-0.05, 0) is 75.8 Å². The summed E-state index contributed by atoms with van der Waals surface area (Å²) in [5, 5.41) is 6.95. The minimum atomic E-state index is -3.83. The van der Waals surface area contributed by atoms with E-state index in [1.165, 1.54) is 15.4 Å². The molecular weight excluding hydrogens is 486 g/mol. The largest absolute Gasteiger partial charge is 0.355 e. The quantitative estimate of drug-likeness (QED) is 0.467. The summed E-state index contributed by atoms with van der Waals surface area (Å²) in [5.74, 6) is -0.0339. The molecule has 1 N–H and O–H groups in total. The van der Waals surface area contributed by atoms with Crippen molar-refractivity contribution in [2.45, 2.75) is 58.9 Å². The van der Waals surface area contributed by atoms with Crippen LogP contribution in [0.3, 0.4) is 0 Å². The molecule has 0 radical (unpaired) electrons. The summed E-state index contributed by atoms with van der Waals surface area (Å²) < 4.78 is 34.0. The molecule has 0 spiro atoms. The normalized spacial score (nSPS) is 15.4. The summed E-state index contributed by atoms with van der Waals surface area (Å²) in [6.07, 6.45) is 4.50. The molecule has 1 fully saturated rings. The molecule has 0 aliphatic carbocycles. The van der Waals surface area contributed by atoms with Gasteiger partial charge in [-0.1, -0.05) is 58.8 Å². The lowest BCUT2D eigenvalue weighted by molar-refractivity contribution is -0.126. The fourth-order valence-corrected chi connectivity index (χ4v) is 6.66. The summed E-state index contributed by atoms with van der Waals surface area (Å²) in [4.78, 5) is 12.8. The maximum Gasteiger partial charge on any atom is 0.248 e. The molecule has 2 heterocycles. The first-order chi connectivity index (χ1) is 17.6. The Bertz CT molecular complexity index is 1390. The third-order valence-electron chi connectivity index (χ3n) is 6.98. The van der Waals surface area contributed by atoms with Crippen LogP contribution in [0, 0.1) is 40.5 Å². The highest BCUT2D eigenvalue weighted by Gasteiger charge is 2.35.